The van der Waals surface area contributed by atoms with Crippen molar-refractivity contribution in [2.75, 3.05) is 19.8 Å². The number of amides is 1. The lowest BCUT2D eigenvalue weighted by atomic mass is 10.3. The molecule has 0 unspecified atom stereocenters. The maximum Gasteiger partial charge on any atom is 0.305 e. The molecule has 1 amide bonds. The molecule has 5 nitrogen and oxygen atoms in total. The summed E-state index contributed by atoms with van der Waals surface area (Å²) < 4.78 is 4.96. The molecule has 5 heteroatoms. The highest BCUT2D eigenvalue weighted by atomic mass is 16.5. The van der Waals surface area contributed by atoms with Crippen LogP contribution in [0.5, 0.6) is 0 Å². The number of aliphatic carboxylic acids is 1. The molecule has 0 aromatic heterocycles. The highest BCUT2D eigenvalue weighted by Crippen LogP contribution is 1.86. The number of carboxylic acids is 1. The van der Waals surface area contributed by atoms with E-state index in [-0.39, 0.29) is 18.9 Å². The molecule has 0 radical (unpaired) electrons. The van der Waals surface area contributed by atoms with Gasteiger partial charge in [0.25, 0.3) is 0 Å². The van der Waals surface area contributed by atoms with Crippen molar-refractivity contribution in [1.82, 2.24) is 5.32 Å². The lowest BCUT2D eigenvalue weighted by molar-refractivity contribution is -0.138. The predicted octanol–water partition coefficient (Wildman–Crippen LogP) is 0.00730. The number of hydrogen-bond acceptors (Lipinski definition) is 3. The van der Waals surface area contributed by atoms with Crippen molar-refractivity contribution in [3.8, 4) is 12.3 Å². The van der Waals surface area contributed by atoms with E-state index in [0.29, 0.717) is 26.0 Å². The SMILES string of the molecule is C#CCCC(=O)NCCOCCC(=O)O. The van der Waals surface area contributed by atoms with Gasteiger partial charge in [0.1, 0.15) is 0 Å². The Morgan fingerprint density at radius 2 is 2.07 bits per heavy atom. The molecule has 0 bridgehead atoms. The first-order chi connectivity index (χ1) is 7.16. The van der Waals surface area contributed by atoms with Crippen LogP contribution in [-0.4, -0.2) is 36.7 Å². The van der Waals surface area contributed by atoms with E-state index in [1.807, 2.05) is 0 Å². The molecule has 2 N–H and O–H groups in total. The Labute approximate surface area is 88.8 Å². The molecule has 0 rings (SSSR count). The number of rotatable bonds is 8. The second kappa shape index (κ2) is 9.03. The van der Waals surface area contributed by atoms with Crippen LogP contribution in [0, 0.1) is 12.3 Å². The molecule has 15 heavy (non-hydrogen) atoms. The van der Waals surface area contributed by atoms with Gasteiger partial charge >= 0.3 is 5.97 Å². The first-order valence-corrected chi connectivity index (χ1v) is 4.66. The van der Waals surface area contributed by atoms with E-state index in [4.69, 9.17) is 16.3 Å². The number of ether oxygens (including phenoxy) is 1. The standard InChI is InChI=1S/C10H15NO4/c1-2-3-4-9(12)11-6-8-15-7-5-10(13)14/h1H,3-8H2,(H,11,12)(H,13,14). The normalized spacial score (nSPS) is 9.27. The number of carbonyl (C=O) groups excluding carboxylic acids is 1. The number of carbonyl (C=O) groups is 2. The van der Waals surface area contributed by atoms with Crippen molar-refractivity contribution < 1.29 is 19.4 Å². The molecular weight excluding hydrogens is 198 g/mol. The minimum atomic E-state index is -0.895. The Morgan fingerprint density at radius 3 is 2.67 bits per heavy atom. The van der Waals surface area contributed by atoms with Crippen LogP contribution in [0.25, 0.3) is 0 Å². The average Bonchev–Trinajstić information content (AvgIpc) is 2.19. The van der Waals surface area contributed by atoms with Gasteiger partial charge in [-0.1, -0.05) is 0 Å². The van der Waals surface area contributed by atoms with Gasteiger partial charge < -0.3 is 15.2 Å². The van der Waals surface area contributed by atoms with Crippen molar-refractivity contribution in [3.05, 3.63) is 0 Å². The van der Waals surface area contributed by atoms with Crippen LogP contribution in [-0.2, 0) is 14.3 Å². The van der Waals surface area contributed by atoms with Gasteiger partial charge in [-0.05, 0) is 0 Å². The third kappa shape index (κ3) is 10.4. The maximum atomic E-state index is 11.0. The van der Waals surface area contributed by atoms with Gasteiger partial charge in [0.2, 0.25) is 5.91 Å². The van der Waals surface area contributed by atoms with E-state index in [0.717, 1.165) is 0 Å². The number of hydrogen-bond donors (Lipinski definition) is 2. The summed E-state index contributed by atoms with van der Waals surface area (Å²) in [5, 5.41) is 10.9. The van der Waals surface area contributed by atoms with E-state index in [2.05, 4.69) is 11.2 Å². The first kappa shape index (κ1) is 13.5. The monoisotopic (exact) mass is 213 g/mol. The number of terminal acetylenes is 1. The molecule has 0 saturated heterocycles. The lowest BCUT2D eigenvalue weighted by Gasteiger charge is -2.04. The second-order valence-electron chi connectivity index (χ2n) is 2.81. The second-order valence-corrected chi connectivity index (χ2v) is 2.81. The minimum Gasteiger partial charge on any atom is -0.481 e. The van der Waals surface area contributed by atoms with Crippen molar-refractivity contribution in [2.45, 2.75) is 19.3 Å². The van der Waals surface area contributed by atoms with Gasteiger partial charge in [-0.15, -0.1) is 12.3 Å². The van der Waals surface area contributed by atoms with E-state index in [9.17, 15) is 9.59 Å². The first-order valence-electron chi connectivity index (χ1n) is 4.66. The van der Waals surface area contributed by atoms with Crippen LogP contribution in [0.1, 0.15) is 19.3 Å². The summed E-state index contributed by atoms with van der Waals surface area (Å²) in [5.74, 6) is 1.35. The Kier molecular flexibility index (Phi) is 8.10. The summed E-state index contributed by atoms with van der Waals surface area (Å²) in [6.45, 7) is 0.855. The van der Waals surface area contributed by atoms with Crippen LogP contribution in [0.2, 0.25) is 0 Å². The van der Waals surface area contributed by atoms with Gasteiger partial charge in [0, 0.05) is 19.4 Å². The largest absolute Gasteiger partial charge is 0.481 e. The average molecular weight is 213 g/mol. The molecule has 0 spiro atoms. The smallest absolute Gasteiger partial charge is 0.305 e. The Hall–Kier alpha value is -1.54. The molecule has 0 aromatic carbocycles. The third-order valence-corrected chi connectivity index (χ3v) is 1.53. The fourth-order valence-electron chi connectivity index (χ4n) is 0.798. The Morgan fingerprint density at radius 1 is 1.33 bits per heavy atom. The van der Waals surface area contributed by atoms with Crippen LogP contribution in [0.4, 0.5) is 0 Å². The van der Waals surface area contributed by atoms with Gasteiger partial charge in [-0.2, -0.15) is 0 Å². The molecule has 0 fully saturated rings. The summed E-state index contributed by atoms with van der Waals surface area (Å²) in [5.41, 5.74) is 0. The van der Waals surface area contributed by atoms with Crippen molar-refractivity contribution >= 4 is 11.9 Å². The topological polar surface area (TPSA) is 75.6 Å². The van der Waals surface area contributed by atoms with Crippen LogP contribution in [0.3, 0.4) is 0 Å². The highest BCUT2D eigenvalue weighted by molar-refractivity contribution is 5.76. The number of carboxylic acid groups (broad SMARTS) is 1. The van der Waals surface area contributed by atoms with E-state index in [1.54, 1.807) is 0 Å². The van der Waals surface area contributed by atoms with E-state index in [1.165, 1.54) is 0 Å². The van der Waals surface area contributed by atoms with E-state index >= 15 is 0 Å². The summed E-state index contributed by atoms with van der Waals surface area (Å²) >= 11 is 0. The lowest BCUT2D eigenvalue weighted by Crippen LogP contribution is -2.27. The van der Waals surface area contributed by atoms with Gasteiger partial charge in [0.15, 0.2) is 0 Å². The van der Waals surface area contributed by atoms with Crippen LogP contribution >= 0.6 is 0 Å². The zero-order valence-corrected chi connectivity index (χ0v) is 8.49. The van der Waals surface area contributed by atoms with Gasteiger partial charge in [0.05, 0.1) is 19.6 Å². The fraction of sp³-hybridized carbons (Fsp3) is 0.600. The molecule has 0 aliphatic carbocycles. The molecular formula is C10H15NO4. The van der Waals surface area contributed by atoms with Crippen LogP contribution in [0.15, 0.2) is 0 Å². The molecule has 0 atom stereocenters. The summed E-state index contributed by atoms with van der Waals surface area (Å²) in [7, 11) is 0. The Bertz CT molecular complexity index is 244. The molecule has 0 aliphatic rings. The summed E-state index contributed by atoms with van der Waals surface area (Å²) in [4.78, 5) is 21.1. The maximum absolute atomic E-state index is 11.0. The third-order valence-electron chi connectivity index (χ3n) is 1.53. The van der Waals surface area contributed by atoms with Gasteiger partial charge in [-0.25, -0.2) is 0 Å². The predicted molar refractivity (Wildman–Crippen MR) is 54.1 cm³/mol. The molecule has 84 valence electrons. The zero-order chi connectivity index (χ0) is 11.5. The summed E-state index contributed by atoms with van der Waals surface area (Å²) in [6.07, 6.45) is 5.70. The van der Waals surface area contributed by atoms with Crippen molar-refractivity contribution in [3.63, 3.8) is 0 Å². The van der Waals surface area contributed by atoms with Crippen molar-refractivity contribution in [1.29, 1.82) is 0 Å². The van der Waals surface area contributed by atoms with Gasteiger partial charge in [-0.3, -0.25) is 9.59 Å². The van der Waals surface area contributed by atoms with Crippen molar-refractivity contribution in [2.24, 2.45) is 0 Å². The zero-order valence-electron chi connectivity index (χ0n) is 8.49. The fourth-order valence-corrected chi connectivity index (χ4v) is 0.798. The highest BCUT2D eigenvalue weighted by Gasteiger charge is 1.99. The molecule has 0 aliphatic heterocycles. The quantitative estimate of drug-likeness (QED) is 0.440. The van der Waals surface area contributed by atoms with E-state index < -0.39 is 5.97 Å². The molecule has 0 heterocycles. The molecule has 0 saturated carbocycles. The Balaban J connectivity index is 3.20. The number of nitrogens with one attached hydrogen (secondary N) is 1. The minimum absolute atomic E-state index is 0.0228. The summed E-state index contributed by atoms with van der Waals surface area (Å²) in [6, 6.07) is 0. The van der Waals surface area contributed by atoms with Crippen LogP contribution < -0.4 is 5.32 Å². The molecule has 0 aromatic rings.